The molecule has 0 bridgehead atoms. The molecule has 0 radical (unpaired) electrons. The summed E-state index contributed by atoms with van der Waals surface area (Å²) in [5.74, 6) is 3.08. The van der Waals surface area contributed by atoms with Crippen LogP contribution in [0.3, 0.4) is 0 Å². The molecular formula is C27H46O3. The Bertz CT molecular complexity index is 564. The van der Waals surface area contributed by atoms with E-state index in [4.69, 9.17) is 9.84 Å². The fourth-order valence-electron chi connectivity index (χ4n) is 4.01. The molecule has 0 aliphatic rings. The molecule has 0 aliphatic heterocycles. The van der Waals surface area contributed by atoms with Crippen LogP contribution in [0.15, 0.2) is 24.3 Å². The van der Waals surface area contributed by atoms with Crippen LogP contribution in [-0.4, -0.2) is 17.7 Å². The first-order chi connectivity index (χ1) is 14.3. The van der Waals surface area contributed by atoms with Gasteiger partial charge in [-0.25, -0.2) is 4.79 Å². The van der Waals surface area contributed by atoms with Gasteiger partial charge < -0.3 is 9.84 Å². The first kappa shape index (κ1) is 26.5. The average molecular weight is 419 g/mol. The quantitative estimate of drug-likeness (QED) is 0.277. The molecule has 1 aromatic rings. The Morgan fingerprint density at radius 2 is 1.17 bits per heavy atom. The number of carboxylic acid groups (broad SMARTS) is 1. The highest BCUT2D eigenvalue weighted by molar-refractivity contribution is 5.87. The summed E-state index contributed by atoms with van der Waals surface area (Å²) in [6.07, 6.45) is 13.3. The van der Waals surface area contributed by atoms with Gasteiger partial charge in [-0.2, -0.15) is 0 Å². The SMILES string of the molecule is CC(C)CCC[C@@H](C)CCC[C@@H](C)CCCC(C)CCOc1ccc(C(=O)O)cc1. The molecule has 172 valence electrons. The third-order valence-electron chi connectivity index (χ3n) is 6.25. The molecule has 30 heavy (non-hydrogen) atoms. The van der Waals surface area contributed by atoms with Crippen molar-refractivity contribution in [2.24, 2.45) is 23.7 Å². The molecule has 0 amide bonds. The molecule has 3 heteroatoms. The van der Waals surface area contributed by atoms with Gasteiger partial charge in [-0.05, 0) is 54.4 Å². The lowest BCUT2D eigenvalue weighted by Gasteiger charge is -2.16. The second-order valence-corrected chi connectivity index (χ2v) is 9.97. The van der Waals surface area contributed by atoms with Crippen LogP contribution in [-0.2, 0) is 0 Å². The molecule has 0 saturated carbocycles. The van der Waals surface area contributed by atoms with Crippen LogP contribution in [0, 0.1) is 23.7 Å². The molecule has 0 aliphatic carbocycles. The Balaban J connectivity index is 2.04. The summed E-state index contributed by atoms with van der Waals surface area (Å²) in [4.78, 5) is 10.9. The third-order valence-corrected chi connectivity index (χ3v) is 6.25. The lowest BCUT2D eigenvalue weighted by molar-refractivity contribution is 0.0697. The predicted molar refractivity (Wildman–Crippen MR) is 127 cm³/mol. The highest BCUT2D eigenvalue weighted by Gasteiger charge is 2.09. The second-order valence-electron chi connectivity index (χ2n) is 9.97. The lowest BCUT2D eigenvalue weighted by atomic mass is 9.91. The van der Waals surface area contributed by atoms with E-state index in [0.29, 0.717) is 18.1 Å². The summed E-state index contributed by atoms with van der Waals surface area (Å²) in [5.41, 5.74) is 0.297. The van der Waals surface area contributed by atoms with E-state index in [1.807, 2.05) is 0 Å². The third kappa shape index (κ3) is 12.9. The molecule has 0 aromatic heterocycles. The summed E-state index contributed by atoms with van der Waals surface area (Å²) in [6.45, 7) is 12.5. The summed E-state index contributed by atoms with van der Waals surface area (Å²) < 4.78 is 5.76. The standard InChI is InChI=1S/C27H46O3/c1-21(2)9-6-10-22(3)11-7-12-23(4)13-8-14-24(5)19-20-30-26-17-15-25(16-18-26)27(28)29/h15-18,21-24H,6-14,19-20H2,1-5H3,(H,28,29)/t22-,23-,24?/m1/s1. The van der Waals surface area contributed by atoms with Crippen LogP contribution in [0.2, 0.25) is 0 Å². The number of hydrogen-bond acceptors (Lipinski definition) is 2. The number of benzene rings is 1. The Kier molecular flexibility index (Phi) is 13.5. The maximum Gasteiger partial charge on any atom is 0.335 e. The minimum Gasteiger partial charge on any atom is -0.494 e. The van der Waals surface area contributed by atoms with Gasteiger partial charge in [0.25, 0.3) is 0 Å². The van der Waals surface area contributed by atoms with Crippen LogP contribution >= 0.6 is 0 Å². The largest absolute Gasteiger partial charge is 0.494 e. The van der Waals surface area contributed by atoms with Gasteiger partial charge in [-0.1, -0.05) is 92.4 Å². The molecule has 0 heterocycles. The van der Waals surface area contributed by atoms with E-state index in [-0.39, 0.29) is 0 Å². The predicted octanol–water partition coefficient (Wildman–Crippen LogP) is 8.23. The van der Waals surface area contributed by atoms with Crippen LogP contribution < -0.4 is 4.74 Å². The van der Waals surface area contributed by atoms with Crippen molar-refractivity contribution in [3.8, 4) is 5.75 Å². The zero-order valence-electron chi connectivity index (χ0n) is 20.2. The summed E-state index contributed by atoms with van der Waals surface area (Å²) in [7, 11) is 0. The molecule has 1 rings (SSSR count). The van der Waals surface area contributed by atoms with E-state index in [9.17, 15) is 4.79 Å². The van der Waals surface area contributed by atoms with E-state index < -0.39 is 5.97 Å². The lowest BCUT2D eigenvalue weighted by Crippen LogP contribution is -2.05. The van der Waals surface area contributed by atoms with E-state index in [2.05, 4.69) is 34.6 Å². The zero-order valence-corrected chi connectivity index (χ0v) is 20.2. The van der Waals surface area contributed by atoms with Gasteiger partial charge in [0.1, 0.15) is 5.75 Å². The molecule has 0 spiro atoms. The maximum atomic E-state index is 10.9. The van der Waals surface area contributed by atoms with Crippen molar-refractivity contribution in [2.45, 2.75) is 98.8 Å². The van der Waals surface area contributed by atoms with Crippen LogP contribution in [0.5, 0.6) is 5.75 Å². The van der Waals surface area contributed by atoms with Gasteiger partial charge in [-0.15, -0.1) is 0 Å². The monoisotopic (exact) mass is 418 g/mol. The number of carbonyl (C=O) groups is 1. The number of hydrogen-bond donors (Lipinski definition) is 1. The maximum absolute atomic E-state index is 10.9. The van der Waals surface area contributed by atoms with Crippen LogP contribution in [0.4, 0.5) is 0 Å². The Labute approximate surface area is 185 Å². The first-order valence-corrected chi connectivity index (χ1v) is 12.2. The molecule has 1 N–H and O–H groups in total. The van der Waals surface area contributed by atoms with Crippen molar-refractivity contribution in [3.05, 3.63) is 29.8 Å². The van der Waals surface area contributed by atoms with Crippen molar-refractivity contribution < 1.29 is 14.6 Å². The summed E-state index contributed by atoms with van der Waals surface area (Å²) in [6, 6.07) is 6.66. The zero-order chi connectivity index (χ0) is 22.4. The molecule has 0 fully saturated rings. The van der Waals surface area contributed by atoms with Gasteiger partial charge in [0.15, 0.2) is 0 Å². The first-order valence-electron chi connectivity index (χ1n) is 12.2. The summed E-state index contributed by atoms with van der Waals surface area (Å²) in [5, 5.41) is 8.92. The van der Waals surface area contributed by atoms with Crippen molar-refractivity contribution in [1.29, 1.82) is 0 Å². The van der Waals surface area contributed by atoms with Crippen molar-refractivity contribution in [3.63, 3.8) is 0 Å². The number of rotatable bonds is 17. The molecule has 1 aromatic carbocycles. The van der Waals surface area contributed by atoms with Gasteiger partial charge in [0.2, 0.25) is 0 Å². The highest BCUT2D eigenvalue weighted by Crippen LogP contribution is 2.23. The Morgan fingerprint density at radius 3 is 1.60 bits per heavy atom. The van der Waals surface area contributed by atoms with Crippen molar-refractivity contribution >= 4 is 5.97 Å². The Morgan fingerprint density at radius 1 is 0.733 bits per heavy atom. The topological polar surface area (TPSA) is 46.5 Å². The smallest absolute Gasteiger partial charge is 0.335 e. The minimum absolute atomic E-state index is 0.297. The molecule has 3 nitrogen and oxygen atoms in total. The van der Waals surface area contributed by atoms with E-state index in [1.54, 1.807) is 24.3 Å². The van der Waals surface area contributed by atoms with E-state index in [1.165, 1.54) is 57.8 Å². The fraction of sp³-hybridized carbons (Fsp3) is 0.741. The molecule has 1 unspecified atom stereocenters. The Hall–Kier alpha value is -1.51. The van der Waals surface area contributed by atoms with Crippen molar-refractivity contribution in [1.82, 2.24) is 0 Å². The van der Waals surface area contributed by atoms with Crippen LogP contribution in [0.25, 0.3) is 0 Å². The molecular weight excluding hydrogens is 372 g/mol. The highest BCUT2D eigenvalue weighted by atomic mass is 16.5. The normalized spacial score (nSPS) is 14.5. The second kappa shape index (κ2) is 15.3. The van der Waals surface area contributed by atoms with E-state index >= 15 is 0 Å². The van der Waals surface area contributed by atoms with Crippen molar-refractivity contribution in [2.75, 3.05) is 6.61 Å². The average Bonchev–Trinajstić information content (AvgIpc) is 2.68. The van der Waals surface area contributed by atoms with E-state index in [0.717, 1.165) is 29.9 Å². The number of ether oxygens (including phenoxy) is 1. The van der Waals surface area contributed by atoms with Crippen LogP contribution in [0.1, 0.15) is 109 Å². The summed E-state index contributed by atoms with van der Waals surface area (Å²) >= 11 is 0. The van der Waals surface area contributed by atoms with Gasteiger partial charge in [0.05, 0.1) is 12.2 Å². The number of carboxylic acids is 1. The fourth-order valence-corrected chi connectivity index (χ4v) is 4.01. The minimum atomic E-state index is -0.902. The molecule has 0 saturated heterocycles. The van der Waals surface area contributed by atoms with Gasteiger partial charge >= 0.3 is 5.97 Å². The van der Waals surface area contributed by atoms with Gasteiger partial charge in [-0.3, -0.25) is 0 Å². The molecule has 3 atom stereocenters. The number of aromatic carboxylic acids is 1. The van der Waals surface area contributed by atoms with Gasteiger partial charge in [0, 0.05) is 0 Å².